The second kappa shape index (κ2) is 9.25. The Balaban J connectivity index is 1.32. The molecular weight excluding hydrogens is 383 g/mol. The summed E-state index contributed by atoms with van der Waals surface area (Å²) in [5.74, 6) is 1.52. The van der Waals surface area contributed by atoms with Crippen molar-refractivity contribution < 1.29 is 13.7 Å². The SMILES string of the molecule is Cc1ccc(-c2noc(C(C)N3CCN(C(=O)CC4CCCCC4)CC3)n2)cc1F. The van der Waals surface area contributed by atoms with Gasteiger partial charge in [-0.25, -0.2) is 4.39 Å². The maximum Gasteiger partial charge on any atom is 0.244 e. The van der Waals surface area contributed by atoms with Gasteiger partial charge in [-0.1, -0.05) is 36.6 Å². The molecule has 7 heteroatoms. The molecule has 0 radical (unpaired) electrons. The Morgan fingerprint density at radius 1 is 1.20 bits per heavy atom. The maximum absolute atomic E-state index is 13.8. The lowest BCUT2D eigenvalue weighted by molar-refractivity contribution is -0.134. The quantitative estimate of drug-likeness (QED) is 0.727. The Kier molecular flexibility index (Phi) is 6.46. The van der Waals surface area contributed by atoms with Gasteiger partial charge in [-0.05, 0) is 44.2 Å². The predicted octanol–water partition coefficient (Wildman–Crippen LogP) is 4.36. The summed E-state index contributed by atoms with van der Waals surface area (Å²) in [6.07, 6.45) is 6.96. The minimum absolute atomic E-state index is 0.0443. The molecule has 1 aromatic heterocycles. The number of aromatic nitrogens is 2. The van der Waals surface area contributed by atoms with E-state index >= 15 is 0 Å². The molecule has 1 aliphatic heterocycles. The lowest BCUT2D eigenvalue weighted by Gasteiger charge is -2.37. The average Bonchev–Trinajstić information content (AvgIpc) is 3.26. The van der Waals surface area contributed by atoms with E-state index in [4.69, 9.17) is 4.52 Å². The molecule has 1 saturated heterocycles. The molecule has 2 aromatic rings. The molecule has 1 saturated carbocycles. The molecule has 1 amide bonds. The fourth-order valence-corrected chi connectivity index (χ4v) is 4.54. The van der Waals surface area contributed by atoms with Gasteiger partial charge >= 0.3 is 0 Å². The van der Waals surface area contributed by atoms with Gasteiger partial charge in [0.05, 0.1) is 6.04 Å². The molecule has 1 atom stereocenters. The van der Waals surface area contributed by atoms with E-state index < -0.39 is 0 Å². The molecule has 0 bridgehead atoms. The summed E-state index contributed by atoms with van der Waals surface area (Å²) in [5.41, 5.74) is 1.20. The molecule has 30 heavy (non-hydrogen) atoms. The molecule has 4 rings (SSSR count). The van der Waals surface area contributed by atoms with Crippen molar-refractivity contribution in [2.24, 2.45) is 5.92 Å². The summed E-state index contributed by atoms with van der Waals surface area (Å²) in [6.45, 7) is 6.80. The van der Waals surface area contributed by atoms with E-state index in [1.54, 1.807) is 19.1 Å². The number of aryl methyl sites for hydroxylation is 1. The number of rotatable bonds is 5. The zero-order valence-electron chi connectivity index (χ0n) is 17.9. The molecular formula is C23H31FN4O2. The number of carbonyl (C=O) groups is 1. The summed E-state index contributed by atoms with van der Waals surface area (Å²) in [4.78, 5) is 21.4. The molecule has 2 heterocycles. The van der Waals surface area contributed by atoms with Crippen LogP contribution in [0.15, 0.2) is 22.7 Å². The fraction of sp³-hybridized carbons (Fsp3) is 0.609. The maximum atomic E-state index is 13.8. The Labute approximate surface area is 177 Å². The standard InChI is InChI=1S/C23H31FN4O2/c1-16-8-9-19(15-20(16)24)22-25-23(30-26-22)17(2)27-10-12-28(13-11-27)21(29)14-18-6-4-3-5-7-18/h8-9,15,17-18H,3-7,10-14H2,1-2H3. The average molecular weight is 415 g/mol. The van der Waals surface area contributed by atoms with E-state index in [0.29, 0.717) is 41.1 Å². The summed E-state index contributed by atoms with van der Waals surface area (Å²) in [6, 6.07) is 4.91. The summed E-state index contributed by atoms with van der Waals surface area (Å²) in [5, 5.41) is 4.04. The number of hydrogen-bond donors (Lipinski definition) is 0. The highest BCUT2D eigenvalue weighted by Gasteiger charge is 2.29. The van der Waals surface area contributed by atoms with Gasteiger partial charge < -0.3 is 9.42 Å². The zero-order valence-corrected chi connectivity index (χ0v) is 17.9. The van der Waals surface area contributed by atoms with E-state index in [-0.39, 0.29) is 11.9 Å². The minimum Gasteiger partial charge on any atom is -0.340 e. The van der Waals surface area contributed by atoms with E-state index in [2.05, 4.69) is 15.0 Å². The number of benzene rings is 1. The van der Waals surface area contributed by atoms with Crippen LogP contribution in [0.2, 0.25) is 0 Å². The zero-order chi connectivity index (χ0) is 21.1. The van der Waals surface area contributed by atoms with Crippen LogP contribution < -0.4 is 0 Å². The first-order valence-electron chi connectivity index (χ1n) is 11.1. The van der Waals surface area contributed by atoms with Crippen molar-refractivity contribution in [3.8, 4) is 11.4 Å². The van der Waals surface area contributed by atoms with Gasteiger partial charge in [-0.3, -0.25) is 9.69 Å². The third-order valence-corrected chi connectivity index (χ3v) is 6.63. The number of piperazine rings is 1. The molecule has 6 nitrogen and oxygen atoms in total. The number of carbonyl (C=O) groups excluding carboxylic acids is 1. The molecule has 0 spiro atoms. The highest BCUT2D eigenvalue weighted by Crippen LogP contribution is 2.28. The number of nitrogens with zero attached hydrogens (tertiary/aromatic N) is 4. The van der Waals surface area contributed by atoms with Gasteiger partial charge in [0.15, 0.2) is 0 Å². The van der Waals surface area contributed by atoms with E-state index in [9.17, 15) is 9.18 Å². The first kappa shape index (κ1) is 21.0. The van der Waals surface area contributed by atoms with Crippen LogP contribution in [0, 0.1) is 18.7 Å². The van der Waals surface area contributed by atoms with Crippen molar-refractivity contribution in [3.05, 3.63) is 35.5 Å². The third kappa shape index (κ3) is 4.72. The van der Waals surface area contributed by atoms with Gasteiger partial charge in [0, 0.05) is 38.2 Å². The predicted molar refractivity (Wildman–Crippen MR) is 112 cm³/mol. The monoisotopic (exact) mass is 414 g/mol. The molecule has 2 aliphatic rings. The van der Waals surface area contributed by atoms with Crippen LogP contribution in [-0.2, 0) is 4.79 Å². The van der Waals surface area contributed by atoms with Crippen molar-refractivity contribution in [3.63, 3.8) is 0 Å². The van der Waals surface area contributed by atoms with Crippen molar-refractivity contribution in [2.45, 2.75) is 58.4 Å². The third-order valence-electron chi connectivity index (χ3n) is 6.63. The molecule has 162 valence electrons. The van der Waals surface area contributed by atoms with Gasteiger partial charge in [0.2, 0.25) is 17.6 Å². The Bertz CT molecular complexity index is 870. The van der Waals surface area contributed by atoms with Crippen LogP contribution in [0.5, 0.6) is 0 Å². The summed E-state index contributed by atoms with van der Waals surface area (Å²) < 4.78 is 19.3. The van der Waals surface area contributed by atoms with Gasteiger partial charge in [-0.2, -0.15) is 4.98 Å². The molecule has 1 unspecified atom stereocenters. The van der Waals surface area contributed by atoms with Crippen molar-refractivity contribution in [1.82, 2.24) is 19.9 Å². The molecule has 1 aromatic carbocycles. The lowest BCUT2D eigenvalue weighted by Crippen LogP contribution is -2.49. The van der Waals surface area contributed by atoms with Crippen LogP contribution in [0.1, 0.15) is 62.9 Å². The normalized spacial score (nSPS) is 19.8. The van der Waals surface area contributed by atoms with Gasteiger partial charge in [0.1, 0.15) is 5.82 Å². The first-order valence-corrected chi connectivity index (χ1v) is 11.1. The van der Waals surface area contributed by atoms with Crippen molar-refractivity contribution in [1.29, 1.82) is 0 Å². The fourth-order valence-electron chi connectivity index (χ4n) is 4.54. The second-order valence-electron chi connectivity index (χ2n) is 8.72. The molecule has 2 fully saturated rings. The lowest BCUT2D eigenvalue weighted by atomic mass is 9.86. The van der Waals surface area contributed by atoms with Crippen LogP contribution >= 0.6 is 0 Å². The topological polar surface area (TPSA) is 62.5 Å². The molecule has 0 N–H and O–H groups in total. The van der Waals surface area contributed by atoms with Crippen LogP contribution in [0.4, 0.5) is 4.39 Å². The van der Waals surface area contributed by atoms with Gasteiger partial charge in [-0.15, -0.1) is 0 Å². The largest absolute Gasteiger partial charge is 0.340 e. The van der Waals surface area contributed by atoms with Crippen LogP contribution in [-0.4, -0.2) is 52.0 Å². The highest BCUT2D eigenvalue weighted by molar-refractivity contribution is 5.76. The number of hydrogen-bond acceptors (Lipinski definition) is 5. The van der Waals surface area contributed by atoms with E-state index in [1.165, 1.54) is 38.2 Å². The Morgan fingerprint density at radius 3 is 2.63 bits per heavy atom. The number of halogens is 1. The highest BCUT2D eigenvalue weighted by atomic mass is 19.1. The van der Waals surface area contributed by atoms with Crippen LogP contribution in [0.25, 0.3) is 11.4 Å². The van der Waals surface area contributed by atoms with Crippen molar-refractivity contribution >= 4 is 5.91 Å². The molecule has 1 aliphatic carbocycles. The summed E-state index contributed by atoms with van der Waals surface area (Å²) in [7, 11) is 0. The number of amides is 1. The first-order chi connectivity index (χ1) is 14.5. The summed E-state index contributed by atoms with van der Waals surface area (Å²) >= 11 is 0. The van der Waals surface area contributed by atoms with Gasteiger partial charge in [0.25, 0.3) is 0 Å². The van der Waals surface area contributed by atoms with E-state index in [1.807, 2.05) is 11.8 Å². The van der Waals surface area contributed by atoms with E-state index in [0.717, 1.165) is 26.2 Å². The van der Waals surface area contributed by atoms with Crippen molar-refractivity contribution in [2.75, 3.05) is 26.2 Å². The minimum atomic E-state index is -0.277. The Morgan fingerprint density at radius 2 is 1.93 bits per heavy atom. The van der Waals surface area contributed by atoms with Crippen LogP contribution in [0.3, 0.4) is 0 Å². The smallest absolute Gasteiger partial charge is 0.244 e. The Hall–Kier alpha value is -2.28. The second-order valence-corrected chi connectivity index (χ2v) is 8.72.